The third kappa shape index (κ3) is 2.52. The number of para-hydroxylation sites is 1. The zero-order valence-corrected chi connectivity index (χ0v) is 14.4. The lowest BCUT2D eigenvalue weighted by Crippen LogP contribution is -2.49. The molecule has 3 aliphatic rings. The number of amides is 2. The predicted molar refractivity (Wildman–Crippen MR) is 93.8 cm³/mol. The first-order valence-corrected chi connectivity index (χ1v) is 9.34. The number of hydrogen-bond donors (Lipinski definition) is 1. The third-order valence-corrected chi connectivity index (χ3v) is 5.96. The summed E-state index contributed by atoms with van der Waals surface area (Å²) in [6, 6.07) is 8.47. The molecular formula is C20H26N2O2. The van der Waals surface area contributed by atoms with E-state index in [2.05, 4.69) is 18.3 Å². The summed E-state index contributed by atoms with van der Waals surface area (Å²) in [5.74, 6) is -0.0239. The molecule has 1 aromatic rings. The molecule has 4 heteroatoms. The number of anilines is 1. The number of carbonyl (C=O) groups is 2. The number of fused-ring (bicyclic) bond motifs is 1. The van der Waals surface area contributed by atoms with E-state index in [1.807, 2.05) is 23.1 Å². The first-order chi connectivity index (χ1) is 11.6. The van der Waals surface area contributed by atoms with E-state index in [1.54, 1.807) is 0 Å². The van der Waals surface area contributed by atoms with Gasteiger partial charge in [0.15, 0.2) is 0 Å². The smallest absolute Gasteiger partial charge is 0.242 e. The molecule has 24 heavy (non-hydrogen) atoms. The van der Waals surface area contributed by atoms with Crippen molar-refractivity contribution >= 4 is 17.5 Å². The second-order valence-corrected chi connectivity index (χ2v) is 7.75. The van der Waals surface area contributed by atoms with Gasteiger partial charge in [-0.05, 0) is 50.7 Å². The molecule has 2 aliphatic carbocycles. The molecule has 1 atom stereocenters. The van der Waals surface area contributed by atoms with Gasteiger partial charge in [-0.2, -0.15) is 0 Å². The van der Waals surface area contributed by atoms with Crippen molar-refractivity contribution in [2.75, 3.05) is 4.90 Å². The van der Waals surface area contributed by atoms with Crippen molar-refractivity contribution in [3.05, 3.63) is 29.8 Å². The van der Waals surface area contributed by atoms with E-state index in [4.69, 9.17) is 0 Å². The van der Waals surface area contributed by atoms with Gasteiger partial charge in [0, 0.05) is 17.8 Å². The molecule has 128 valence electrons. The van der Waals surface area contributed by atoms with Crippen molar-refractivity contribution in [2.45, 2.75) is 70.4 Å². The van der Waals surface area contributed by atoms with Crippen LogP contribution in [-0.2, 0) is 16.0 Å². The first kappa shape index (κ1) is 15.7. The molecule has 0 saturated heterocycles. The topological polar surface area (TPSA) is 49.4 Å². The molecule has 2 saturated carbocycles. The zero-order chi connectivity index (χ0) is 16.7. The number of nitrogens with one attached hydrogen (secondary N) is 1. The van der Waals surface area contributed by atoms with Crippen LogP contribution in [0.1, 0.15) is 57.4 Å². The minimum atomic E-state index is -0.802. The molecule has 0 bridgehead atoms. The number of rotatable bonds is 3. The van der Waals surface area contributed by atoms with Crippen LogP contribution in [0.4, 0.5) is 5.69 Å². The van der Waals surface area contributed by atoms with Gasteiger partial charge in [0.2, 0.25) is 11.8 Å². The minimum absolute atomic E-state index is 0.00765. The minimum Gasteiger partial charge on any atom is -0.352 e. The standard InChI is InChI=1S/C20H26N2O2/c1-14-13-15-7-5-6-10-17(15)22(14)19(24)20(11-12-20)18(23)21-16-8-3-2-4-9-16/h5-7,10,14,16H,2-4,8-9,11-13H2,1H3,(H,21,23). The summed E-state index contributed by atoms with van der Waals surface area (Å²) in [5.41, 5.74) is 1.40. The van der Waals surface area contributed by atoms with Gasteiger partial charge in [0.1, 0.15) is 5.41 Å². The van der Waals surface area contributed by atoms with Gasteiger partial charge in [-0.25, -0.2) is 0 Å². The Morgan fingerprint density at radius 3 is 2.54 bits per heavy atom. The Morgan fingerprint density at radius 1 is 1.12 bits per heavy atom. The lowest BCUT2D eigenvalue weighted by molar-refractivity contribution is -0.136. The Kier molecular flexibility index (Phi) is 3.86. The third-order valence-electron chi connectivity index (χ3n) is 5.96. The molecule has 2 amide bonds. The Labute approximate surface area is 143 Å². The Hall–Kier alpha value is -1.84. The SMILES string of the molecule is CC1Cc2ccccc2N1C(=O)C1(C(=O)NC2CCCCC2)CC1. The van der Waals surface area contributed by atoms with Crippen LogP contribution in [0, 0.1) is 5.41 Å². The molecule has 1 N–H and O–H groups in total. The normalized spacial score (nSPS) is 25.2. The van der Waals surface area contributed by atoms with Crippen molar-refractivity contribution < 1.29 is 9.59 Å². The largest absolute Gasteiger partial charge is 0.352 e. The van der Waals surface area contributed by atoms with Crippen molar-refractivity contribution in [3.8, 4) is 0 Å². The summed E-state index contributed by atoms with van der Waals surface area (Å²) in [7, 11) is 0. The summed E-state index contributed by atoms with van der Waals surface area (Å²) in [5, 5.41) is 3.18. The molecule has 1 aliphatic heterocycles. The van der Waals surface area contributed by atoms with E-state index in [0.29, 0.717) is 12.8 Å². The van der Waals surface area contributed by atoms with Crippen LogP contribution < -0.4 is 10.2 Å². The van der Waals surface area contributed by atoms with Crippen LogP contribution >= 0.6 is 0 Å². The maximum absolute atomic E-state index is 13.3. The molecule has 0 spiro atoms. The number of benzene rings is 1. The fraction of sp³-hybridized carbons (Fsp3) is 0.600. The zero-order valence-electron chi connectivity index (χ0n) is 14.4. The van der Waals surface area contributed by atoms with Gasteiger partial charge in [0.25, 0.3) is 0 Å². The molecule has 2 fully saturated rings. The highest BCUT2D eigenvalue weighted by molar-refractivity contribution is 6.15. The van der Waals surface area contributed by atoms with Gasteiger partial charge in [-0.15, -0.1) is 0 Å². The summed E-state index contributed by atoms with van der Waals surface area (Å²) in [4.78, 5) is 28.0. The van der Waals surface area contributed by atoms with Gasteiger partial charge in [-0.1, -0.05) is 37.5 Å². The van der Waals surface area contributed by atoms with Crippen molar-refractivity contribution in [2.24, 2.45) is 5.41 Å². The molecule has 4 nitrogen and oxygen atoms in total. The van der Waals surface area contributed by atoms with Crippen molar-refractivity contribution in [1.29, 1.82) is 0 Å². The monoisotopic (exact) mass is 326 g/mol. The summed E-state index contributed by atoms with van der Waals surface area (Å²) in [6.07, 6.45) is 8.00. The van der Waals surface area contributed by atoms with E-state index in [0.717, 1.165) is 24.9 Å². The van der Waals surface area contributed by atoms with E-state index in [1.165, 1.54) is 24.8 Å². The van der Waals surface area contributed by atoms with Gasteiger partial charge >= 0.3 is 0 Å². The number of hydrogen-bond acceptors (Lipinski definition) is 2. The van der Waals surface area contributed by atoms with E-state index in [-0.39, 0.29) is 23.9 Å². The highest BCUT2D eigenvalue weighted by atomic mass is 16.2. The second-order valence-electron chi connectivity index (χ2n) is 7.75. The fourth-order valence-corrected chi connectivity index (χ4v) is 4.34. The summed E-state index contributed by atoms with van der Waals surface area (Å²) >= 11 is 0. The maximum Gasteiger partial charge on any atom is 0.242 e. The molecule has 1 unspecified atom stereocenters. The molecular weight excluding hydrogens is 300 g/mol. The van der Waals surface area contributed by atoms with Crippen LogP contribution in [0.25, 0.3) is 0 Å². The van der Waals surface area contributed by atoms with Crippen molar-refractivity contribution in [1.82, 2.24) is 5.32 Å². The van der Waals surface area contributed by atoms with Crippen LogP contribution in [-0.4, -0.2) is 23.9 Å². The average molecular weight is 326 g/mol. The Morgan fingerprint density at radius 2 is 1.83 bits per heavy atom. The van der Waals surface area contributed by atoms with Crippen LogP contribution in [0.3, 0.4) is 0 Å². The fourth-order valence-electron chi connectivity index (χ4n) is 4.34. The maximum atomic E-state index is 13.3. The van der Waals surface area contributed by atoms with E-state index >= 15 is 0 Å². The molecule has 0 aromatic heterocycles. The number of carbonyl (C=O) groups excluding carboxylic acids is 2. The van der Waals surface area contributed by atoms with Crippen LogP contribution in [0.15, 0.2) is 24.3 Å². The Bertz CT molecular complexity index is 659. The van der Waals surface area contributed by atoms with Gasteiger partial charge in [-0.3, -0.25) is 9.59 Å². The van der Waals surface area contributed by atoms with Gasteiger partial charge in [0.05, 0.1) is 0 Å². The molecule has 4 rings (SSSR count). The molecule has 0 radical (unpaired) electrons. The average Bonchev–Trinajstić information content (AvgIpc) is 3.33. The number of nitrogens with zero attached hydrogens (tertiary/aromatic N) is 1. The summed E-state index contributed by atoms with van der Waals surface area (Å²) in [6.45, 7) is 2.08. The predicted octanol–water partition coefficient (Wildman–Crippen LogP) is 3.19. The lowest BCUT2D eigenvalue weighted by Gasteiger charge is -2.29. The lowest BCUT2D eigenvalue weighted by atomic mass is 9.94. The van der Waals surface area contributed by atoms with Gasteiger partial charge < -0.3 is 10.2 Å². The highest BCUT2D eigenvalue weighted by Gasteiger charge is 2.59. The quantitative estimate of drug-likeness (QED) is 0.867. The van der Waals surface area contributed by atoms with E-state index < -0.39 is 5.41 Å². The summed E-state index contributed by atoms with van der Waals surface area (Å²) < 4.78 is 0. The van der Waals surface area contributed by atoms with Crippen molar-refractivity contribution in [3.63, 3.8) is 0 Å². The van der Waals surface area contributed by atoms with E-state index in [9.17, 15) is 9.59 Å². The molecule has 1 heterocycles. The highest BCUT2D eigenvalue weighted by Crippen LogP contribution is 2.50. The van der Waals surface area contributed by atoms with Crippen LogP contribution in [0.2, 0.25) is 0 Å². The Balaban J connectivity index is 1.52. The second kappa shape index (κ2) is 5.91. The van der Waals surface area contributed by atoms with Crippen LogP contribution in [0.5, 0.6) is 0 Å². The molecule has 1 aromatic carbocycles. The first-order valence-electron chi connectivity index (χ1n) is 9.34.